The lowest BCUT2D eigenvalue weighted by molar-refractivity contribution is -0.116. The zero-order chi connectivity index (χ0) is 15.2. The highest BCUT2D eigenvalue weighted by atomic mass is 35.5. The van der Waals surface area contributed by atoms with Crippen molar-refractivity contribution in [2.24, 2.45) is 0 Å². The van der Waals surface area contributed by atoms with Crippen LogP contribution < -0.4 is 11.1 Å². The number of nitrogen functional groups attached to an aromatic ring is 1. The van der Waals surface area contributed by atoms with E-state index in [0.29, 0.717) is 28.9 Å². The molecule has 0 atom stereocenters. The molecule has 1 saturated carbocycles. The molecule has 3 N–H and O–H groups in total. The molecule has 5 heteroatoms. The zero-order valence-corrected chi connectivity index (χ0v) is 13.3. The Balaban J connectivity index is 1.85. The van der Waals surface area contributed by atoms with Crippen molar-refractivity contribution in [2.45, 2.75) is 45.1 Å². The number of carbonyl (C=O) groups excluding carboxylic acids is 1. The highest BCUT2D eigenvalue weighted by Crippen LogP contribution is 2.24. The van der Waals surface area contributed by atoms with Crippen molar-refractivity contribution in [1.29, 1.82) is 0 Å². The van der Waals surface area contributed by atoms with E-state index in [1.165, 1.54) is 25.7 Å². The summed E-state index contributed by atoms with van der Waals surface area (Å²) in [6, 6.07) is 5.75. The number of benzene rings is 1. The van der Waals surface area contributed by atoms with Gasteiger partial charge in [-0.1, -0.05) is 31.4 Å². The van der Waals surface area contributed by atoms with E-state index < -0.39 is 0 Å². The average Bonchev–Trinajstić information content (AvgIpc) is 2.98. The first-order valence-corrected chi connectivity index (χ1v) is 8.07. The second-order valence-electron chi connectivity index (χ2n) is 5.60. The Morgan fingerprint density at radius 1 is 1.43 bits per heavy atom. The van der Waals surface area contributed by atoms with Gasteiger partial charge in [0.2, 0.25) is 5.91 Å². The number of halogens is 1. The van der Waals surface area contributed by atoms with Gasteiger partial charge in [0, 0.05) is 24.0 Å². The maximum Gasteiger partial charge on any atom is 0.225 e. The summed E-state index contributed by atoms with van der Waals surface area (Å²) >= 11 is 5.92. The minimum Gasteiger partial charge on any atom is -0.397 e. The standard InChI is InChI=1S/C16H24ClN3O/c1-2-20(13-5-3-4-6-13)10-9-16(21)19-15-11-12(17)7-8-14(15)18/h7-8,11,13H,2-6,9-10,18H2,1H3,(H,19,21). The first-order valence-electron chi connectivity index (χ1n) is 7.69. The normalized spacial score (nSPS) is 15.6. The summed E-state index contributed by atoms with van der Waals surface area (Å²) in [4.78, 5) is 14.5. The van der Waals surface area contributed by atoms with Crippen LogP contribution in [0.4, 0.5) is 11.4 Å². The van der Waals surface area contributed by atoms with Crippen LogP contribution in [0, 0.1) is 0 Å². The fourth-order valence-corrected chi connectivity index (χ4v) is 3.14. The molecule has 0 spiro atoms. The third kappa shape index (κ3) is 4.61. The molecule has 0 bridgehead atoms. The monoisotopic (exact) mass is 309 g/mol. The van der Waals surface area contributed by atoms with Crippen LogP contribution in [-0.4, -0.2) is 29.9 Å². The van der Waals surface area contributed by atoms with E-state index >= 15 is 0 Å². The van der Waals surface area contributed by atoms with Crippen LogP contribution in [0.5, 0.6) is 0 Å². The predicted octanol–water partition coefficient (Wildman–Crippen LogP) is 3.52. The second-order valence-corrected chi connectivity index (χ2v) is 6.03. The van der Waals surface area contributed by atoms with Crippen molar-refractivity contribution in [3.05, 3.63) is 23.2 Å². The third-order valence-electron chi connectivity index (χ3n) is 4.16. The molecule has 0 radical (unpaired) electrons. The van der Waals surface area contributed by atoms with Crippen molar-refractivity contribution in [1.82, 2.24) is 4.90 Å². The highest BCUT2D eigenvalue weighted by molar-refractivity contribution is 6.31. The zero-order valence-electron chi connectivity index (χ0n) is 12.6. The first-order chi connectivity index (χ1) is 10.1. The summed E-state index contributed by atoms with van der Waals surface area (Å²) in [5.41, 5.74) is 6.97. The summed E-state index contributed by atoms with van der Waals surface area (Å²) in [7, 11) is 0. The van der Waals surface area contributed by atoms with Crippen molar-refractivity contribution in [3.63, 3.8) is 0 Å². The number of nitrogens with zero attached hydrogens (tertiary/aromatic N) is 1. The van der Waals surface area contributed by atoms with Crippen LogP contribution in [0.25, 0.3) is 0 Å². The molecule has 21 heavy (non-hydrogen) atoms. The van der Waals surface area contributed by atoms with Gasteiger partial charge in [0.15, 0.2) is 0 Å². The van der Waals surface area contributed by atoms with Gasteiger partial charge in [0.25, 0.3) is 0 Å². The second kappa shape index (κ2) is 7.66. The molecule has 0 aliphatic heterocycles. The van der Waals surface area contributed by atoms with Crippen LogP contribution in [0.3, 0.4) is 0 Å². The lowest BCUT2D eigenvalue weighted by Gasteiger charge is -2.27. The smallest absolute Gasteiger partial charge is 0.225 e. The fourth-order valence-electron chi connectivity index (χ4n) is 2.96. The molecule has 0 saturated heterocycles. The molecular formula is C16H24ClN3O. The fraction of sp³-hybridized carbons (Fsp3) is 0.562. The molecule has 1 aliphatic rings. The Morgan fingerprint density at radius 3 is 2.81 bits per heavy atom. The van der Waals surface area contributed by atoms with Crippen molar-refractivity contribution in [2.75, 3.05) is 24.1 Å². The Bertz CT molecular complexity index is 486. The Morgan fingerprint density at radius 2 is 2.14 bits per heavy atom. The number of carbonyl (C=O) groups is 1. The van der Waals surface area contributed by atoms with E-state index in [1.54, 1.807) is 18.2 Å². The van der Waals surface area contributed by atoms with Gasteiger partial charge in [0.1, 0.15) is 0 Å². The SMILES string of the molecule is CCN(CCC(=O)Nc1cc(Cl)ccc1N)C1CCCC1. The molecule has 1 fully saturated rings. The minimum absolute atomic E-state index is 0.0135. The largest absolute Gasteiger partial charge is 0.397 e. The molecule has 0 unspecified atom stereocenters. The van der Waals surface area contributed by atoms with Crippen molar-refractivity contribution >= 4 is 28.9 Å². The van der Waals surface area contributed by atoms with E-state index in [9.17, 15) is 4.79 Å². The maximum absolute atomic E-state index is 12.1. The van der Waals surface area contributed by atoms with Crippen LogP contribution in [0.2, 0.25) is 5.02 Å². The van der Waals surface area contributed by atoms with Crippen LogP contribution in [0.15, 0.2) is 18.2 Å². The molecule has 116 valence electrons. The lowest BCUT2D eigenvalue weighted by Crippen LogP contribution is -2.35. The summed E-state index contributed by atoms with van der Waals surface area (Å²) in [6.07, 6.45) is 5.63. The van der Waals surface area contributed by atoms with Crippen LogP contribution >= 0.6 is 11.6 Å². The molecule has 0 heterocycles. The van der Waals surface area contributed by atoms with Gasteiger partial charge < -0.3 is 16.0 Å². The summed E-state index contributed by atoms with van der Waals surface area (Å²) in [5.74, 6) is -0.0135. The van der Waals surface area contributed by atoms with Gasteiger partial charge in [0.05, 0.1) is 11.4 Å². The van der Waals surface area contributed by atoms with Gasteiger partial charge in [-0.3, -0.25) is 4.79 Å². The molecule has 2 rings (SSSR count). The number of hydrogen-bond acceptors (Lipinski definition) is 3. The Kier molecular flexibility index (Phi) is 5.88. The molecule has 4 nitrogen and oxygen atoms in total. The minimum atomic E-state index is -0.0135. The number of hydrogen-bond donors (Lipinski definition) is 2. The maximum atomic E-state index is 12.1. The average molecular weight is 310 g/mol. The first kappa shape index (κ1) is 16.1. The molecule has 1 amide bonds. The van der Waals surface area contributed by atoms with Crippen LogP contribution in [0.1, 0.15) is 39.0 Å². The van der Waals surface area contributed by atoms with Gasteiger partial charge in [-0.15, -0.1) is 0 Å². The van der Waals surface area contributed by atoms with Gasteiger partial charge in [-0.05, 0) is 37.6 Å². The summed E-state index contributed by atoms with van der Waals surface area (Å²) in [5, 5.41) is 3.42. The van der Waals surface area contributed by atoms with Gasteiger partial charge in [-0.25, -0.2) is 0 Å². The molecule has 1 aromatic rings. The molecular weight excluding hydrogens is 286 g/mol. The number of nitrogens with one attached hydrogen (secondary N) is 1. The predicted molar refractivity (Wildman–Crippen MR) is 88.6 cm³/mol. The quantitative estimate of drug-likeness (QED) is 0.791. The number of nitrogens with two attached hydrogens (primary N) is 1. The summed E-state index contributed by atoms with van der Waals surface area (Å²) in [6.45, 7) is 3.95. The summed E-state index contributed by atoms with van der Waals surface area (Å²) < 4.78 is 0. The number of amides is 1. The lowest BCUT2D eigenvalue weighted by atomic mass is 10.2. The van der Waals surface area contributed by atoms with E-state index in [0.717, 1.165) is 13.1 Å². The number of rotatable bonds is 6. The number of anilines is 2. The Labute approximate surface area is 131 Å². The topological polar surface area (TPSA) is 58.4 Å². The van der Waals surface area contributed by atoms with Gasteiger partial charge in [-0.2, -0.15) is 0 Å². The molecule has 1 aromatic carbocycles. The Hall–Kier alpha value is -1.26. The van der Waals surface area contributed by atoms with Gasteiger partial charge >= 0.3 is 0 Å². The van der Waals surface area contributed by atoms with Crippen LogP contribution in [-0.2, 0) is 4.79 Å². The molecule has 1 aliphatic carbocycles. The third-order valence-corrected chi connectivity index (χ3v) is 4.40. The van der Waals surface area contributed by atoms with E-state index in [2.05, 4.69) is 17.1 Å². The van der Waals surface area contributed by atoms with Crippen molar-refractivity contribution in [3.8, 4) is 0 Å². The van der Waals surface area contributed by atoms with E-state index in [4.69, 9.17) is 17.3 Å². The van der Waals surface area contributed by atoms with E-state index in [-0.39, 0.29) is 5.91 Å². The van der Waals surface area contributed by atoms with Crippen molar-refractivity contribution < 1.29 is 4.79 Å². The molecule has 0 aromatic heterocycles. The highest BCUT2D eigenvalue weighted by Gasteiger charge is 2.21. The van der Waals surface area contributed by atoms with E-state index in [1.807, 2.05) is 0 Å².